The van der Waals surface area contributed by atoms with Gasteiger partial charge in [-0.3, -0.25) is 9.36 Å². The second-order valence-electron chi connectivity index (χ2n) is 10.5. The third-order valence-electron chi connectivity index (χ3n) is 7.57. The number of aromatic nitrogens is 2. The molecule has 3 aromatic rings. The van der Waals surface area contributed by atoms with Gasteiger partial charge < -0.3 is 19.3 Å². The molecule has 230 valence electrons. The number of carbonyl (C=O) groups excluding carboxylic acids is 1. The molecule has 0 radical (unpaired) electrons. The second kappa shape index (κ2) is 11.9. The smallest absolute Gasteiger partial charge is 0.359 e. The predicted octanol–water partition coefficient (Wildman–Crippen LogP) is 5.07. The Morgan fingerprint density at radius 2 is 1.86 bits per heavy atom. The minimum absolute atomic E-state index is 0.00108. The lowest BCUT2D eigenvalue weighted by molar-refractivity contribution is -0.137. The highest BCUT2D eigenvalue weighted by Gasteiger charge is 2.40. The Labute approximate surface area is 248 Å². The molecule has 8 nitrogen and oxygen atoms in total. The summed E-state index contributed by atoms with van der Waals surface area (Å²) < 4.78 is 85.3. The standard InChI is InChI=1S/C29H29F5N4O4S/c1-5-23(39)38-15(2)10-36(11-16(38)3)27-20-9-21(29(32,33)34)24(19-7-6-17(30)8-22(19)31)26-25(20)37(28(40)35-27)12-18(13-43-26)42-14-41-4/h5-9,15-16,18H,1,10-14H2,2-4H3. The van der Waals surface area contributed by atoms with E-state index < -0.39 is 46.3 Å². The van der Waals surface area contributed by atoms with E-state index in [2.05, 4.69) is 11.6 Å². The Morgan fingerprint density at radius 1 is 1.16 bits per heavy atom. The van der Waals surface area contributed by atoms with Crippen molar-refractivity contribution in [3.63, 3.8) is 0 Å². The van der Waals surface area contributed by atoms with Crippen LogP contribution in [0.2, 0.25) is 0 Å². The van der Waals surface area contributed by atoms with Gasteiger partial charge in [0.05, 0.1) is 23.7 Å². The fourth-order valence-corrected chi connectivity index (χ4v) is 7.14. The number of rotatable bonds is 6. The Kier molecular flexibility index (Phi) is 8.56. The number of benzene rings is 2. The molecule has 0 spiro atoms. The summed E-state index contributed by atoms with van der Waals surface area (Å²) in [5.74, 6) is -2.27. The molecule has 43 heavy (non-hydrogen) atoms. The minimum atomic E-state index is -4.95. The van der Waals surface area contributed by atoms with Crippen LogP contribution in [0.15, 0.2) is 46.6 Å². The van der Waals surface area contributed by atoms with Gasteiger partial charge in [-0.25, -0.2) is 13.6 Å². The Morgan fingerprint density at radius 3 is 2.47 bits per heavy atom. The molecule has 1 saturated heterocycles. The quantitative estimate of drug-likeness (QED) is 0.216. The van der Waals surface area contributed by atoms with E-state index in [9.17, 15) is 27.2 Å². The Balaban J connectivity index is 1.81. The lowest BCUT2D eigenvalue weighted by atomic mass is 9.95. The molecule has 0 aliphatic carbocycles. The van der Waals surface area contributed by atoms with Gasteiger partial charge >= 0.3 is 11.9 Å². The van der Waals surface area contributed by atoms with Crippen LogP contribution in [0, 0.1) is 11.6 Å². The SMILES string of the molecule is C=CC(=O)N1C(C)CN(c2nc(=O)n3c4c(c(-c5ccc(F)cc5F)c(C(F)(F)F)cc24)SCC(OCOC)C3)CC1C. The van der Waals surface area contributed by atoms with E-state index in [0.717, 1.165) is 30.0 Å². The molecular weight excluding hydrogens is 595 g/mol. The number of amides is 1. The second-order valence-corrected chi connectivity index (χ2v) is 11.6. The van der Waals surface area contributed by atoms with Crippen molar-refractivity contribution in [3.8, 4) is 11.1 Å². The fourth-order valence-electron chi connectivity index (χ4n) is 5.86. The number of alkyl halides is 3. The number of anilines is 1. The van der Waals surface area contributed by atoms with Crippen LogP contribution in [0.5, 0.6) is 0 Å². The summed E-state index contributed by atoms with van der Waals surface area (Å²) in [6.07, 6.45) is -4.41. The van der Waals surface area contributed by atoms with Crippen LogP contribution < -0.4 is 10.6 Å². The Hall–Kier alpha value is -3.49. The number of ether oxygens (including phenoxy) is 2. The topological polar surface area (TPSA) is 76.9 Å². The number of piperazine rings is 1. The Bertz CT molecular complexity index is 1630. The maximum absolute atomic E-state index is 15.2. The zero-order valence-corrected chi connectivity index (χ0v) is 24.4. The van der Waals surface area contributed by atoms with E-state index in [1.165, 1.54) is 17.8 Å². The minimum Gasteiger partial charge on any atom is -0.359 e. The van der Waals surface area contributed by atoms with Gasteiger partial charge in [0, 0.05) is 65.5 Å². The molecule has 3 unspecified atom stereocenters. The average molecular weight is 625 g/mol. The molecule has 0 bridgehead atoms. The number of hydrogen-bond donors (Lipinski definition) is 0. The van der Waals surface area contributed by atoms with Gasteiger partial charge in [0.1, 0.15) is 24.2 Å². The van der Waals surface area contributed by atoms with Crippen LogP contribution >= 0.6 is 11.8 Å². The van der Waals surface area contributed by atoms with Crippen molar-refractivity contribution in [1.29, 1.82) is 0 Å². The molecule has 1 amide bonds. The van der Waals surface area contributed by atoms with Crippen LogP contribution in [0.25, 0.3) is 22.0 Å². The van der Waals surface area contributed by atoms with Gasteiger partial charge in [0.15, 0.2) is 0 Å². The van der Waals surface area contributed by atoms with Crippen molar-refractivity contribution in [1.82, 2.24) is 14.5 Å². The molecule has 3 heterocycles. The van der Waals surface area contributed by atoms with Gasteiger partial charge in [-0.2, -0.15) is 18.2 Å². The first-order chi connectivity index (χ1) is 20.3. The van der Waals surface area contributed by atoms with Crippen molar-refractivity contribution >= 4 is 34.4 Å². The van der Waals surface area contributed by atoms with E-state index >= 15 is 4.39 Å². The third-order valence-corrected chi connectivity index (χ3v) is 8.80. The van der Waals surface area contributed by atoms with Crippen molar-refractivity contribution in [3.05, 3.63) is 64.6 Å². The van der Waals surface area contributed by atoms with Crippen LogP contribution in [0.3, 0.4) is 0 Å². The van der Waals surface area contributed by atoms with Gasteiger partial charge in [-0.15, -0.1) is 11.8 Å². The van der Waals surface area contributed by atoms with Gasteiger partial charge in [-0.1, -0.05) is 6.58 Å². The number of thioether (sulfide) groups is 1. The van der Waals surface area contributed by atoms with Crippen molar-refractivity contribution in [2.75, 3.05) is 37.6 Å². The summed E-state index contributed by atoms with van der Waals surface area (Å²) >= 11 is 0.987. The average Bonchev–Trinajstić information content (AvgIpc) is 3.13. The monoisotopic (exact) mass is 624 g/mol. The van der Waals surface area contributed by atoms with Crippen LogP contribution in [-0.4, -0.2) is 71.3 Å². The van der Waals surface area contributed by atoms with Gasteiger partial charge in [0.2, 0.25) is 5.91 Å². The van der Waals surface area contributed by atoms with Gasteiger partial charge in [0.25, 0.3) is 0 Å². The molecule has 0 saturated carbocycles. The largest absolute Gasteiger partial charge is 0.417 e. The molecule has 2 aliphatic heterocycles. The molecule has 14 heteroatoms. The fraction of sp³-hybridized carbons (Fsp3) is 0.414. The molecule has 3 atom stereocenters. The molecule has 2 aliphatic rings. The number of carbonyl (C=O) groups is 1. The summed E-state index contributed by atoms with van der Waals surface area (Å²) in [6.45, 7) is 7.33. The first-order valence-corrected chi connectivity index (χ1v) is 14.4. The van der Waals surface area contributed by atoms with E-state index in [1.54, 1.807) is 23.6 Å². The van der Waals surface area contributed by atoms with E-state index in [0.29, 0.717) is 6.07 Å². The zero-order chi connectivity index (χ0) is 31.2. The number of nitrogens with zero attached hydrogens (tertiary/aromatic N) is 4. The molecule has 1 fully saturated rings. The summed E-state index contributed by atoms with van der Waals surface area (Å²) in [6, 6.07) is 2.50. The summed E-state index contributed by atoms with van der Waals surface area (Å²) in [4.78, 5) is 33.7. The number of hydrogen-bond acceptors (Lipinski definition) is 7. The first-order valence-electron chi connectivity index (χ1n) is 13.4. The lowest BCUT2D eigenvalue weighted by Crippen LogP contribution is -2.58. The highest BCUT2D eigenvalue weighted by Crippen LogP contribution is 2.49. The zero-order valence-electron chi connectivity index (χ0n) is 23.6. The number of halogens is 5. The maximum atomic E-state index is 15.2. The molecule has 2 aromatic carbocycles. The predicted molar refractivity (Wildman–Crippen MR) is 152 cm³/mol. The van der Waals surface area contributed by atoms with Crippen molar-refractivity contribution < 1.29 is 36.2 Å². The van der Waals surface area contributed by atoms with Crippen LogP contribution in [-0.2, 0) is 27.0 Å². The highest BCUT2D eigenvalue weighted by atomic mass is 32.2. The summed E-state index contributed by atoms with van der Waals surface area (Å²) in [5, 5.41) is 0.0379. The highest BCUT2D eigenvalue weighted by molar-refractivity contribution is 7.99. The third kappa shape index (κ3) is 5.75. The maximum Gasteiger partial charge on any atom is 0.417 e. The van der Waals surface area contributed by atoms with E-state index in [-0.39, 0.29) is 71.8 Å². The van der Waals surface area contributed by atoms with Crippen molar-refractivity contribution in [2.24, 2.45) is 0 Å². The molecule has 0 N–H and O–H groups in total. The first kappa shape index (κ1) is 31.0. The molecule has 5 rings (SSSR count). The van der Waals surface area contributed by atoms with Crippen molar-refractivity contribution in [2.45, 2.75) is 49.7 Å². The normalized spacial score (nSPS) is 20.8. The molecular formula is C29H29F5N4O4S. The summed E-state index contributed by atoms with van der Waals surface area (Å²) in [5.41, 5.74) is -2.69. The van der Waals surface area contributed by atoms with Crippen LogP contribution in [0.1, 0.15) is 19.4 Å². The molecule has 1 aromatic heterocycles. The van der Waals surface area contributed by atoms with Gasteiger partial charge in [-0.05, 0) is 38.1 Å². The van der Waals surface area contributed by atoms with E-state index in [4.69, 9.17) is 9.47 Å². The lowest BCUT2D eigenvalue weighted by Gasteiger charge is -2.44. The summed E-state index contributed by atoms with van der Waals surface area (Å²) in [7, 11) is 1.41. The van der Waals surface area contributed by atoms with Crippen LogP contribution in [0.4, 0.5) is 27.8 Å². The van der Waals surface area contributed by atoms with E-state index in [1.807, 2.05) is 0 Å². The number of methoxy groups -OCH3 is 1.